The average molecular weight is 202 g/mol. The molecule has 15 heavy (non-hydrogen) atoms. The maximum Gasteiger partial charge on any atom is 0.0492 e. The molecule has 0 atom stereocenters. The summed E-state index contributed by atoms with van der Waals surface area (Å²) < 4.78 is 0. The Morgan fingerprint density at radius 3 is 2.80 bits per heavy atom. The van der Waals surface area contributed by atoms with Crippen LogP contribution < -0.4 is 5.32 Å². The van der Waals surface area contributed by atoms with E-state index in [2.05, 4.69) is 48.5 Å². The quantitative estimate of drug-likeness (QED) is 0.786. The van der Waals surface area contributed by atoms with Crippen molar-refractivity contribution in [2.75, 3.05) is 7.05 Å². The summed E-state index contributed by atoms with van der Waals surface area (Å²) in [6, 6.07) is 6.53. The largest absolute Gasteiger partial charge is 0.361 e. The maximum atomic E-state index is 3.38. The van der Waals surface area contributed by atoms with Gasteiger partial charge >= 0.3 is 0 Å². The number of para-hydroxylation sites is 1. The number of H-pyrrole nitrogens is 1. The molecular formula is C13H18N2. The molecule has 2 heteroatoms. The third-order valence-electron chi connectivity index (χ3n) is 2.82. The van der Waals surface area contributed by atoms with Crippen molar-refractivity contribution >= 4 is 10.9 Å². The van der Waals surface area contributed by atoms with E-state index in [0.717, 1.165) is 6.54 Å². The van der Waals surface area contributed by atoms with Gasteiger partial charge in [-0.1, -0.05) is 32.0 Å². The van der Waals surface area contributed by atoms with Gasteiger partial charge in [-0.3, -0.25) is 0 Å². The normalized spacial score (nSPS) is 11.5. The highest BCUT2D eigenvalue weighted by Crippen LogP contribution is 2.26. The van der Waals surface area contributed by atoms with Crippen molar-refractivity contribution in [3.63, 3.8) is 0 Å². The number of aromatic nitrogens is 1. The summed E-state index contributed by atoms with van der Waals surface area (Å²) in [5.74, 6) is 0.565. The molecule has 2 nitrogen and oxygen atoms in total. The lowest BCUT2D eigenvalue weighted by Gasteiger charge is -2.06. The van der Waals surface area contributed by atoms with Crippen molar-refractivity contribution in [1.82, 2.24) is 10.3 Å². The molecule has 1 aromatic carbocycles. The first kappa shape index (κ1) is 10.2. The van der Waals surface area contributed by atoms with E-state index >= 15 is 0 Å². The van der Waals surface area contributed by atoms with E-state index in [1.165, 1.54) is 22.0 Å². The number of fused-ring (bicyclic) bond motifs is 1. The van der Waals surface area contributed by atoms with Gasteiger partial charge in [0.05, 0.1) is 0 Å². The number of rotatable bonds is 3. The van der Waals surface area contributed by atoms with Crippen LogP contribution in [0.5, 0.6) is 0 Å². The van der Waals surface area contributed by atoms with Gasteiger partial charge in [-0.2, -0.15) is 0 Å². The van der Waals surface area contributed by atoms with Crippen LogP contribution in [0.4, 0.5) is 0 Å². The molecular weight excluding hydrogens is 184 g/mol. The molecule has 0 fully saturated rings. The van der Waals surface area contributed by atoms with Crippen molar-refractivity contribution in [2.45, 2.75) is 26.3 Å². The van der Waals surface area contributed by atoms with Crippen molar-refractivity contribution < 1.29 is 0 Å². The van der Waals surface area contributed by atoms with E-state index in [-0.39, 0.29) is 0 Å². The second kappa shape index (κ2) is 4.07. The Hall–Kier alpha value is -1.28. The molecule has 2 rings (SSSR count). The standard InChI is InChI=1S/C13H18N2/c1-9(2)11-5-4-6-12-10(7-14-3)8-15-13(11)12/h4-6,8-9,14-15H,7H2,1-3H3. The van der Waals surface area contributed by atoms with Gasteiger partial charge in [-0.25, -0.2) is 0 Å². The first-order valence-electron chi connectivity index (χ1n) is 5.47. The van der Waals surface area contributed by atoms with E-state index in [1.54, 1.807) is 0 Å². The van der Waals surface area contributed by atoms with Crippen molar-refractivity contribution in [1.29, 1.82) is 0 Å². The smallest absolute Gasteiger partial charge is 0.0492 e. The van der Waals surface area contributed by atoms with Gasteiger partial charge in [0.2, 0.25) is 0 Å². The molecule has 0 radical (unpaired) electrons. The number of nitrogens with one attached hydrogen (secondary N) is 2. The molecule has 80 valence electrons. The van der Waals surface area contributed by atoms with Gasteiger partial charge in [0, 0.05) is 23.6 Å². The number of hydrogen-bond acceptors (Lipinski definition) is 1. The monoisotopic (exact) mass is 202 g/mol. The van der Waals surface area contributed by atoms with E-state index in [4.69, 9.17) is 0 Å². The SMILES string of the molecule is CNCc1c[nH]c2c(C(C)C)cccc12. The molecule has 0 saturated carbocycles. The Morgan fingerprint density at radius 2 is 2.13 bits per heavy atom. The molecule has 0 saturated heterocycles. The summed E-state index contributed by atoms with van der Waals surface area (Å²) in [4.78, 5) is 3.38. The number of aromatic amines is 1. The van der Waals surface area contributed by atoms with E-state index in [1.807, 2.05) is 7.05 Å². The molecule has 0 aliphatic rings. The number of hydrogen-bond donors (Lipinski definition) is 2. The first-order chi connectivity index (χ1) is 7.24. The molecule has 0 spiro atoms. The summed E-state index contributed by atoms with van der Waals surface area (Å²) in [7, 11) is 1.98. The van der Waals surface area contributed by atoms with Gasteiger partial charge < -0.3 is 10.3 Å². The second-order valence-corrected chi connectivity index (χ2v) is 4.27. The van der Waals surface area contributed by atoms with E-state index < -0.39 is 0 Å². The van der Waals surface area contributed by atoms with E-state index in [0.29, 0.717) is 5.92 Å². The predicted octanol–water partition coefficient (Wildman–Crippen LogP) is 3.01. The third kappa shape index (κ3) is 1.77. The van der Waals surface area contributed by atoms with Crippen LogP contribution in [0.3, 0.4) is 0 Å². The van der Waals surface area contributed by atoms with Crippen LogP contribution in [0.15, 0.2) is 24.4 Å². The lowest BCUT2D eigenvalue weighted by molar-refractivity contribution is 0.823. The van der Waals surface area contributed by atoms with Crippen molar-refractivity contribution in [3.05, 3.63) is 35.5 Å². The zero-order valence-corrected chi connectivity index (χ0v) is 9.59. The van der Waals surface area contributed by atoms with E-state index in [9.17, 15) is 0 Å². The molecule has 0 bridgehead atoms. The van der Waals surface area contributed by atoms with Crippen LogP contribution in [0, 0.1) is 0 Å². The topological polar surface area (TPSA) is 27.8 Å². The van der Waals surface area contributed by atoms with Crippen LogP contribution in [-0.2, 0) is 6.54 Å². The molecule has 0 amide bonds. The molecule has 2 N–H and O–H groups in total. The lowest BCUT2D eigenvalue weighted by atomic mass is 10.00. The summed E-state index contributed by atoms with van der Waals surface area (Å²) in [5, 5.41) is 4.53. The highest BCUT2D eigenvalue weighted by atomic mass is 14.8. The average Bonchev–Trinajstić information content (AvgIpc) is 2.62. The second-order valence-electron chi connectivity index (χ2n) is 4.27. The highest BCUT2D eigenvalue weighted by molar-refractivity contribution is 5.86. The molecule has 1 heterocycles. The van der Waals surface area contributed by atoms with Crippen LogP contribution in [0.2, 0.25) is 0 Å². The van der Waals surface area contributed by atoms with Gasteiger partial charge in [0.1, 0.15) is 0 Å². The summed E-state index contributed by atoms with van der Waals surface area (Å²) in [5.41, 5.74) is 4.03. The van der Waals surface area contributed by atoms with Crippen LogP contribution in [0.25, 0.3) is 10.9 Å². The van der Waals surface area contributed by atoms with Gasteiger partial charge in [0.25, 0.3) is 0 Å². The maximum absolute atomic E-state index is 3.38. The summed E-state index contributed by atoms with van der Waals surface area (Å²) in [6.45, 7) is 5.38. The zero-order valence-electron chi connectivity index (χ0n) is 9.59. The molecule has 1 aromatic heterocycles. The first-order valence-corrected chi connectivity index (χ1v) is 5.47. The van der Waals surface area contributed by atoms with Gasteiger partial charge in [0.15, 0.2) is 0 Å². The third-order valence-corrected chi connectivity index (χ3v) is 2.82. The molecule has 0 aliphatic heterocycles. The Labute approximate surface area is 90.7 Å². The Balaban J connectivity index is 2.58. The minimum absolute atomic E-state index is 0.565. The Bertz CT molecular complexity index is 455. The summed E-state index contributed by atoms with van der Waals surface area (Å²) >= 11 is 0. The highest BCUT2D eigenvalue weighted by Gasteiger charge is 2.08. The van der Waals surface area contributed by atoms with Crippen LogP contribution in [0.1, 0.15) is 30.9 Å². The minimum Gasteiger partial charge on any atom is -0.361 e. The molecule has 0 aliphatic carbocycles. The van der Waals surface area contributed by atoms with Gasteiger partial charge in [-0.15, -0.1) is 0 Å². The van der Waals surface area contributed by atoms with Crippen molar-refractivity contribution in [2.24, 2.45) is 0 Å². The predicted molar refractivity (Wildman–Crippen MR) is 65.2 cm³/mol. The fourth-order valence-corrected chi connectivity index (χ4v) is 2.05. The van der Waals surface area contributed by atoms with Crippen LogP contribution in [-0.4, -0.2) is 12.0 Å². The zero-order chi connectivity index (χ0) is 10.8. The lowest BCUT2D eigenvalue weighted by Crippen LogP contribution is -2.04. The fourth-order valence-electron chi connectivity index (χ4n) is 2.05. The fraction of sp³-hybridized carbons (Fsp3) is 0.385. The van der Waals surface area contributed by atoms with Gasteiger partial charge in [-0.05, 0) is 24.1 Å². The molecule has 2 aromatic rings. The number of benzene rings is 1. The summed E-state index contributed by atoms with van der Waals surface area (Å²) in [6.07, 6.45) is 2.10. The minimum atomic E-state index is 0.565. The van der Waals surface area contributed by atoms with Crippen molar-refractivity contribution in [3.8, 4) is 0 Å². The Kier molecular flexibility index (Phi) is 2.78. The van der Waals surface area contributed by atoms with Crippen LogP contribution >= 0.6 is 0 Å². The molecule has 0 unspecified atom stereocenters. The Morgan fingerprint density at radius 1 is 1.33 bits per heavy atom.